The fourth-order valence-electron chi connectivity index (χ4n) is 6.26. The summed E-state index contributed by atoms with van der Waals surface area (Å²) in [6.07, 6.45) is 7.23. The molecule has 0 unspecified atom stereocenters. The summed E-state index contributed by atoms with van der Waals surface area (Å²) < 4.78 is 19.1. The van der Waals surface area contributed by atoms with E-state index in [1.807, 2.05) is 0 Å². The minimum Gasteiger partial charge on any atom is -0.490 e. The zero-order valence-electron chi connectivity index (χ0n) is 24.6. The Bertz CT molecular complexity index is 1360. The second-order valence-electron chi connectivity index (χ2n) is 11.9. The van der Waals surface area contributed by atoms with Gasteiger partial charge in [0.05, 0.1) is 5.56 Å². The van der Waals surface area contributed by atoms with Crippen LogP contribution in [0.2, 0.25) is 0 Å². The number of piperidine rings is 2. The minimum absolute atomic E-state index is 0.0169. The number of anilines is 1. The molecular weight excluding hydrogens is 545 g/mol. The third-order valence-electron chi connectivity index (χ3n) is 8.83. The molecule has 0 radical (unpaired) electrons. The lowest BCUT2D eigenvalue weighted by Crippen LogP contribution is -2.44. The van der Waals surface area contributed by atoms with Gasteiger partial charge in [-0.1, -0.05) is 12.1 Å². The molecule has 2 aromatic carbocycles. The minimum atomic E-state index is -0.296. The van der Waals surface area contributed by atoms with Crippen LogP contribution in [0.4, 0.5) is 10.1 Å². The van der Waals surface area contributed by atoms with Gasteiger partial charge < -0.3 is 19.9 Å². The number of amides is 2. The van der Waals surface area contributed by atoms with Crippen LogP contribution in [0.25, 0.3) is 0 Å². The number of nitrogens with one attached hydrogen (secondary N) is 1. The summed E-state index contributed by atoms with van der Waals surface area (Å²) in [6.45, 7) is 6.25. The first-order valence-corrected chi connectivity index (χ1v) is 15.5. The molecule has 3 fully saturated rings. The van der Waals surface area contributed by atoms with E-state index in [1.165, 1.54) is 42.4 Å². The van der Waals surface area contributed by atoms with Crippen LogP contribution in [0.3, 0.4) is 0 Å². The van der Waals surface area contributed by atoms with Gasteiger partial charge in [-0.15, -0.1) is 0 Å². The lowest BCUT2D eigenvalue weighted by molar-refractivity contribution is 0.0594. The molecule has 0 spiro atoms. The first-order chi connectivity index (χ1) is 21.0. The van der Waals surface area contributed by atoms with E-state index in [-0.39, 0.29) is 29.8 Å². The fraction of sp³-hybridized carbons (Fsp3) is 0.441. The average Bonchev–Trinajstić information content (AvgIpc) is 3.59. The van der Waals surface area contributed by atoms with Crippen LogP contribution in [-0.2, 0) is 6.54 Å². The van der Waals surface area contributed by atoms with Crippen molar-refractivity contribution in [2.75, 3.05) is 44.2 Å². The third-order valence-corrected chi connectivity index (χ3v) is 8.83. The van der Waals surface area contributed by atoms with E-state index in [0.29, 0.717) is 42.9 Å². The number of carbonyl (C=O) groups is 2. The number of aromatic nitrogens is 1. The van der Waals surface area contributed by atoms with Gasteiger partial charge in [0.25, 0.3) is 11.8 Å². The monoisotopic (exact) mass is 585 g/mol. The normalized spacial score (nSPS) is 18.5. The third kappa shape index (κ3) is 7.51. The number of carbonyl (C=O) groups excluding carboxylic acids is 2. The van der Waals surface area contributed by atoms with Gasteiger partial charge in [-0.25, -0.2) is 4.39 Å². The molecule has 3 aliphatic rings. The maximum Gasteiger partial charge on any atom is 0.270 e. The van der Waals surface area contributed by atoms with E-state index in [0.717, 1.165) is 45.6 Å². The van der Waals surface area contributed by atoms with Crippen LogP contribution >= 0.6 is 0 Å². The molecule has 3 aliphatic heterocycles. The zero-order valence-corrected chi connectivity index (χ0v) is 24.6. The fourth-order valence-corrected chi connectivity index (χ4v) is 6.26. The Hall–Kier alpha value is -3.98. The lowest BCUT2D eigenvalue weighted by atomic mass is 10.0. The summed E-state index contributed by atoms with van der Waals surface area (Å²) in [5.41, 5.74) is 3.44. The van der Waals surface area contributed by atoms with Gasteiger partial charge in [-0.2, -0.15) is 0 Å². The smallest absolute Gasteiger partial charge is 0.270 e. The summed E-state index contributed by atoms with van der Waals surface area (Å²) in [5.74, 6) is 0.0374. The Labute approximate surface area is 252 Å². The Balaban J connectivity index is 0.922. The van der Waals surface area contributed by atoms with Crippen molar-refractivity contribution in [1.29, 1.82) is 0 Å². The summed E-state index contributed by atoms with van der Waals surface area (Å²) in [4.78, 5) is 36.9. The van der Waals surface area contributed by atoms with Crippen LogP contribution in [0.1, 0.15) is 64.9 Å². The maximum atomic E-state index is 13.1. The number of pyridine rings is 1. The number of benzene rings is 2. The van der Waals surface area contributed by atoms with Gasteiger partial charge in [0.2, 0.25) is 0 Å². The quantitative estimate of drug-likeness (QED) is 0.405. The topological polar surface area (TPSA) is 78.0 Å². The molecule has 0 atom stereocenters. The van der Waals surface area contributed by atoms with E-state index in [2.05, 4.69) is 44.4 Å². The van der Waals surface area contributed by atoms with Crippen LogP contribution in [0, 0.1) is 5.82 Å². The van der Waals surface area contributed by atoms with Gasteiger partial charge in [0, 0.05) is 76.6 Å². The molecular formula is C34H40FN5O3. The number of hydrogen-bond acceptors (Lipinski definition) is 6. The molecule has 3 saturated heterocycles. The number of halogens is 1. The second-order valence-corrected chi connectivity index (χ2v) is 11.9. The Morgan fingerprint density at radius 1 is 0.837 bits per heavy atom. The highest BCUT2D eigenvalue weighted by atomic mass is 19.1. The Morgan fingerprint density at radius 2 is 1.53 bits per heavy atom. The summed E-state index contributed by atoms with van der Waals surface area (Å²) in [5, 5.41) is 3.13. The molecule has 9 heteroatoms. The molecule has 2 amide bonds. The summed E-state index contributed by atoms with van der Waals surface area (Å²) in [7, 11) is 0. The SMILES string of the molecule is O=C(NC1CCN(Cc2ccc(N3CCCC3)cc2)CC1)c1ccc(C(=O)N2CCC(Oc3ccc(F)cc3)CC2)cn1. The van der Waals surface area contributed by atoms with Gasteiger partial charge in [-0.05, 0) is 79.8 Å². The molecule has 8 nitrogen and oxygen atoms in total. The first kappa shape index (κ1) is 29.1. The number of ether oxygens (including phenoxy) is 1. The van der Waals surface area contributed by atoms with Crippen LogP contribution in [0.5, 0.6) is 5.75 Å². The lowest BCUT2D eigenvalue weighted by Gasteiger charge is -2.32. The van der Waals surface area contributed by atoms with Gasteiger partial charge >= 0.3 is 0 Å². The van der Waals surface area contributed by atoms with Crippen LogP contribution < -0.4 is 15.0 Å². The van der Waals surface area contributed by atoms with E-state index >= 15 is 0 Å². The molecule has 1 N–H and O–H groups in total. The molecule has 6 rings (SSSR count). The Morgan fingerprint density at radius 3 is 2.19 bits per heavy atom. The van der Waals surface area contributed by atoms with Crippen molar-refractivity contribution in [3.63, 3.8) is 0 Å². The van der Waals surface area contributed by atoms with E-state index in [1.54, 1.807) is 29.2 Å². The number of likely N-dealkylation sites (tertiary alicyclic amines) is 2. The van der Waals surface area contributed by atoms with Crippen molar-refractivity contribution in [2.45, 2.75) is 57.2 Å². The molecule has 43 heavy (non-hydrogen) atoms. The van der Waals surface area contributed by atoms with Gasteiger partial charge in [0.15, 0.2) is 0 Å². The molecule has 0 saturated carbocycles. The van der Waals surface area contributed by atoms with E-state index < -0.39 is 0 Å². The Kier molecular flexibility index (Phi) is 9.17. The highest BCUT2D eigenvalue weighted by Crippen LogP contribution is 2.23. The largest absolute Gasteiger partial charge is 0.490 e. The molecule has 3 aromatic rings. The van der Waals surface area contributed by atoms with Crippen molar-refractivity contribution in [2.24, 2.45) is 0 Å². The van der Waals surface area contributed by atoms with Crippen molar-refractivity contribution >= 4 is 17.5 Å². The molecule has 1 aromatic heterocycles. The van der Waals surface area contributed by atoms with E-state index in [4.69, 9.17) is 4.74 Å². The number of nitrogens with zero attached hydrogens (tertiary/aromatic N) is 4. The van der Waals surface area contributed by atoms with Crippen molar-refractivity contribution in [1.82, 2.24) is 20.1 Å². The molecule has 0 bridgehead atoms. The molecule has 0 aliphatic carbocycles. The van der Waals surface area contributed by atoms with Crippen molar-refractivity contribution < 1.29 is 18.7 Å². The van der Waals surface area contributed by atoms with Crippen molar-refractivity contribution in [3.8, 4) is 5.75 Å². The second kappa shape index (κ2) is 13.5. The molecule has 226 valence electrons. The highest BCUT2D eigenvalue weighted by Gasteiger charge is 2.26. The van der Waals surface area contributed by atoms with Gasteiger partial charge in [0.1, 0.15) is 23.4 Å². The van der Waals surface area contributed by atoms with E-state index in [9.17, 15) is 14.0 Å². The molecule has 4 heterocycles. The standard InChI is InChI=1S/C34H40FN5O3/c35-27-6-10-30(11-7-27)43-31-15-21-40(22-16-31)34(42)26-5-12-32(36-23-26)33(41)37-28-13-19-38(20-14-28)24-25-3-8-29(9-4-25)39-17-1-2-18-39/h3-12,23,28,31H,1-2,13-22,24H2,(H,37,41). The van der Waals surface area contributed by atoms with Crippen molar-refractivity contribution in [3.05, 3.63) is 89.5 Å². The van der Waals surface area contributed by atoms with Crippen LogP contribution in [0.15, 0.2) is 66.9 Å². The van der Waals surface area contributed by atoms with Gasteiger partial charge in [-0.3, -0.25) is 19.5 Å². The summed E-state index contributed by atoms with van der Waals surface area (Å²) >= 11 is 0. The predicted molar refractivity (Wildman–Crippen MR) is 164 cm³/mol. The number of hydrogen-bond donors (Lipinski definition) is 1. The zero-order chi connectivity index (χ0) is 29.6. The van der Waals surface area contributed by atoms with Crippen LogP contribution in [-0.4, -0.2) is 78.0 Å². The summed E-state index contributed by atoms with van der Waals surface area (Å²) in [6, 6.07) is 18.4. The predicted octanol–water partition coefficient (Wildman–Crippen LogP) is 4.90. The maximum absolute atomic E-state index is 13.1. The number of rotatable bonds is 8. The average molecular weight is 586 g/mol. The first-order valence-electron chi connectivity index (χ1n) is 15.5. The highest BCUT2D eigenvalue weighted by molar-refractivity contribution is 5.96.